The van der Waals surface area contributed by atoms with Crippen LogP contribution in [0.15, 0.2) is 23.8 Å². The van der Waals surface area contributed by atoms with E-state index in [-0.39, 0.29) is 22.6 Å². The summed E-state index contributed by atoms with van der Waals surface area (Å²) in [5.74, 6) is -1.47. The molecular weight excluding hydrogens is 478 g/mol. The fourth-order valence-corrected chi connectivity index (χ4v) is 4.69. The zero-order valence-corrected chi connectivity index (χ0v) is 22.4. The second-order valence-corrected chi connectivity index (χ2v) is 9.11. The summed E-state index contributed by atoms with van der Waals surface area (Å²) in [6, 6.07) is 4.33. The number of carbonyl (C=O) groups excluding carboxylic acids is 3. The minimum atomic E-state index is -0.859. The number of benzene rings is 1. The van der Waals surface area contributed by atoms with E-state index in [0.29, 0.717) is 54.4 Å². The normalized spacial score (nSPS) is 17.0. The number of ether oxygens (including phenoxy) is 3. The lowest BCUT2D eigenvalue weighted by atomic mass is 9.93. The maximum Gasteiger partial charge on any atom is 0.354 e. The third-order valence-corrected chi connectivity index (χ3v) is 6.41. The number of methoxy groups -OCH3 is 2. The molecule has 3 rings (SSSR count). The maximum absolute atomic E-state index is 13.4. The molecule has 0 unspecified atom stereocenters. The van der Waals surface area contributed by atoms with Crippen LogP contribution in [0.2, 0.25) is 0 Å². The van der Waals surface area contributed by atoms with E-state index in [1.165, 1.54) is 19.1 Å². The number of aryl methyl sites for hydroxylation is 1. The monoisotopic (exact) mass is 513 g/mol. The van der Waals surface area contributed by atoms with E-state index in [4.69, 9.17) is 14.2 Å². The van der Waals surface area contributed by atoms with Gasteiger partial charge in [0.05, 0.1) is 32.4 Å². The minimum absolute atomic E-state index is 0.0531. The molecule has 2 N–H and O–H groups in total. The van der Waals surface area contributed by atoms with Crippen molar-refractivity contribution in [1.82, 2.24) is 14.8 Å². The molecule has 1 aliphatic rings. The van der Waals surface area contributed by atoms with E-state index in [2.05, 4.69) is 4.98 Å². The van der Waals surface area contributed by atoms with Gasteiger partial charge in [0.2, 0.25) is 0 Å². The number of nitrogens with zero attached hydrogens (tertiary/aromatic N) is 2. The first-order valence-electron chi connectivity index (χ1n) is 12.1. The molecule has 1 aliphatic heterocycles. The summed E-state index contributed by atoms with van der Waals surface area (Å²) in [5, 5.41) is 11.5. The van der Waals surface area contributed by atoms with E-state index in [0.717, 1.165) is 0 Å². The van der Waals surface area contributed by atoms with Gasteiger partial charge in [-0.1, -0.05) is 6.07 Å². The third-order valence-electron chi connectivity index (χ3n) is 6.41. The fraction of sp³-hybridized carbons (Fsp3) is 0.444. The van der Waals surface area contributed by atoms with E-state index >= 15 is 0 Å². The molecule has 10 heteroatoms. The van der Waals surface area contributed by atoms with E-state index in [9.17, 15) is 19.5 Å². The molecule has 1 aromatic carbocycles. The van der Waals surface area contributed by atoms with Gasteiger partial charge in [-0.25, -0.2) is 4.79 Å². The molecule has 10 nitrogen and oxygen atoms in total. The van der Waals surface area contributed by atoms with Gasteiger partial charge < -0.3 is 34.1 Å². The van der Waals surface area contributed by atoms with Crippen LogP contribution in [0.5, 0.6) is 11.5 Å². The Bertz CT molecular complexity index is 1230. The van der Waals surface area contributed by atoms with Gasteiger partial charge in [0.1, 0.15) is 11.5 Å². The Morgan fingerprint density at radius 1 is 1.16 bits per heavy atom. The lowest BCUT2D eigenvalue weighted by Gasteiger charge is -2.26. The number of esters is 1. The summed E-state index contributed by atoms with van der Waals surface area (Å²) in [4.78, 5) is 45.2. The second kappa shape index (κ2) is 11.5. The Balaban J connectivity index is 2.22. The van der Waals surface area contributed by atoms with Crippen molar-refractivity contribution in [3.63, 3.8) is 0 Å². The van der Waals surface area contributed by atoms with Gasteiger partial charge in [0.25, 0.3) is 11.7 Å². The number of Topliss-reactive ketones (excluding diaryl/α,β-unsaturated/α-hetero) is 1. The maximum atomic E-state index is 13.4. The number of rotatable bonds is 10. The molecule has 0 radical (unpaired) electrons. The number of carbonyl (C=O) groups is 3. The highest BCUT2D eigenvalue weighted by atomic mass is 16.5. The summed E-state index contributed by atoms with van der Waals surface area (Å²) >= 11 is 0. The average Bonchev–Trinajstić information content (AvgIpc) is 3.30. The molecule has 1 fully saturated rings. The topological polar surface area (TPSA) is 121 Å². The zero-order chi connectivity index (χ0) is 27.4. The third kappa shape index (κ3) is 5.34. The van der Waals surface area contributed by atoms with Crippen molar-refractivity contribution in [2.45, 2.75) is 33.2 Å². The second-order valence-electron chi connectivity index (χ2n) is 9.11. The van der Waals surface area contributed by atoms with Gasteiger partial charge in [-0.3, -0.25) is 9.59 Å². The first-order chi connectivity index (χ1) is 17.6. The van der Waals surface area contributed by atoms with Gasteiger partial charge >= 0.3 is 5.97 Å². The predicted octanol–water partition coefficient (Wildman–Crippen LogP) is 3.20. The van der Waals surface area contributed by atoms with Gasteiger partial charge in [-0.2, -0.15) is 0 Å². The highest BCUT2D eigenvalue weighted by molar-refractivity contribution is 6.46. The first kappa shape index (κ1) is 27.8. The zero-order valence-electron chi connectivity index (χ0n) is 22.4. The van der Waals surface area contributed by atoms with Crippen LogP contribution < -0.4 is 9.47 Å². The lowest BCUT2D eigenvalue weighted by molar-refractivity contribution is -0.139. The number of hydrogen-bond acceptors (Lipinski definition) is 8. The smallest absolute Gasteiger partial charge is 0.354 e. The molecule has 1 amide bonds. The Morgan fingerprint density at radius 3 is 2.46 bits per heavy atom. The van der Waals surface area contributed by atoms with Crippen LogP contribution in [0.3, 0.4) is 0 Å². The fourth-order valence-electron chi connectivity index (χ4n) is 4.69. The van der Waals surface area contributed by atoms with E-state index in [1.54, 1.807) is 32.0 Å². The minimum Gasteiger partial charge on any atom is -0.507 e. The molecule has 1 aromatic heterocycles. The summed E-state index contributed by atoms with van der Waals surface area (Å²) in [7, 11) is 6.63. The molecule has 37 heavy (non-hydrogen) atoms. The number of aliphatic hydroxyl groups excluding tert-OH is 1. The highest BCUT2D eigenvalue weighted by Crippen LogP contribution is 2.43. The Morgan fingerprint density at radius 2 is 1.86 bits per heavy atom. The number of likely N-dealkylation sites (tertiary alicyclic amines) is 1. The van der Waals surface area contributed by atoms with Gasteiger partial charge in [0.15, 0.2) is 11.5 Å². The van der Waals surface area contributed by atoms with Crippen LogP contribution in [0, 0.1) is 13.8 Å². The Hall–Kier alpha value is -3.79. The van der Waals surface area contributed by atoms with Crippen LogP contribution >= 0.6 is 0 Å². The molecule has 2 heterocycles. The lowest BCUT2D eigenvalue weighted by Crippen LogP contribution is -2.32. The number of aromatic amines is 1. The molecule has 2 aromatic rings. The van der Waals surface area contributed by atoms with Crippen molar-refractivity contribution in [3.05, 3.63) is 51.9 Å². The number of ketones is 1. The van der Waals surface area contributed by atoms with Gasteiger partial charge in [-0.05, 0) is 71.1 Å². The van der Waals surface area contributed by atoms with Crippen molar-refractivity contribution in [2.24, 2.45) is 0 Å². The van der Waals surface area contributed by atoms with Crippen molar-refractivity contribution >= 4 is 23.4 Å². The van der Waals surface area contributed by atoms with Gasteiger partial charge in [0, 0.05) is 17.8 Å². The van der Waals surface area contributed by atoms with Gasteiger partial charge in [-0.15, -0.1) is 0 Å². The van der Waals surface area contributed by atoms with Crippen LogP contribution in [-0.2, 0) is 14.3 Å². The quantitative estimate of drug-likeness (QED) is 0.215. The largest absolute Gasteiger partial charge is 0.507 e. The van der Waals surface area contributed by atoms with Crippen molar-refractivity contribution in [3.8, 4) is 11.5 Å². The number of nitrogens with one attached hydrogen (secondary N) is 1. The highest BCUT2D eigenvalue weighted by Gasteiger charge is 2.46. The van der Waals surface area contributed by atoms with E-state index < -0.39 is 23.7 Å². The number of H-pyrrole nitrogens is 1. The van der Waals surface area contributed by atoms with Crippen molar-refractivity contribution < 1.29 is 33.7 Å². The molecule has 1 atom stereocenters. The molecule has 0 aliphatic carbocycles. The van der Waals surface area contributed by atoms with Crippen LogP contribution in [0.4, 0.5) is 0 Å². The average molecular weight is 514 g/mol. The standard InChI is InChI=1S/C27H35N3O7/c1-8-37-18-11-10-17(14-19(18)35-6)23-21(25(32)26(33)30(23)13-9-12-29(4)5)24(31)20-15(2)22(27(34)36-7)28-16(20)3/h10-11,14,23,28,31H,8-9,12-13H2,1-7H3/t23-/m1/s1. The number of amides is 1. The molecule has 0 bridgehead atoms. The van der Waals surface area contributed by atoms with Crippen molar-refractivity contribution in [1.29, 1.82) is 0 Å². The molecule has 1 saturated heterocycles. The van der Waals surface area contributed by atoms with E-state index in [1.807, 2.05) is 25.9 Å². The summed E-state index contributed by atoms with van der Waals surface area (Å²) < 4.78 is 16.0. The summed E-state index contributed by atoms with van der Waals surface area (Å²) in [6.07, 6.45) is 0.624. The van der Waals surface area contributed by atoms with Crippen molar-refractivity contribution in [2.75, 3.05) is 48.0 Å². The molecular formula is C27H35N3O7. The number of aliphatic hydroxyl groups is 1. The SMILES string of the molecule is CCOc1ccc([C@@H]2C(=C(O)c3c(C)[nH]c(C(=O)OC)c3C)C(=O)C(=O)N2CCCN(C)C)cc1OC. The van der Waals surface area contributed by atoms with Crippen LogP contribution in [0.25, 0.3) is 5.76 Å². The molecule has 200 valence electrons. The number of hydrogen-bond donors (Lipinski definition) is 2. The Kier molecular flexibility index (Phi) is 8.65. The first-order valence-corrected chi connectivity index (χ1v) is 12.1. The predicted molar refractivity (Wildman–Crippen MR) is 138 cm³/mol. The summed E-state index contributed by atoms with van der Waals surface area (Å²) in [6.45, 7) is 6.63. The summed E-state index contributed by atoms with van der Waals surface area (Å²) in [5.41, 5.74) is 1.88. The number of aromatic nitrogens is 1. The molecule has 0 spiro atoms. The van der Waals surface area contributed by atoms with Crippen LogP contribution in [-0.4, -0.2) is 85.6 Å². The Labute approximate surface area is 216 Å². The molecule has 0 saturated carbocycles. The van der Waals surface area contributed by atoms with Crippen LogP contribution in [0.1, 0.15) is 52.3 Å².